The van der Waals surface area contributed by atoms with Crippen LogP contribution in [0, 0.1) is 0 Å². The van der Waals surface area contributed by atoms with Gasteiger partial charge in [0.25, 0.3) is 0 Å². The van der Waals surface area contributed by atoms with Gasteiger partial charge in [-0.15, -0.1) is 0 Å². The van der Waals surface area contributed by atoms with Crippen molar-refractivity contribution in [2.24, 2.45) is 0 Å². The van der Waals surface area contributed by atoms with E-state index >= 15 is 0 Å². The van der Waals surface area contributed by atoms with Gasteiger partial charge in [-0.25, -0.2) is 0 Å². The van der Waals surface area contributed by atoms with Crippen LogP contribution in [0.3, 0.4) is 0 Å². The van der Waals surface area contributed by atoms with Crippen LogP contribution in [0.5, 0.6) is 0 Å². The third-order valence-corrected chi connectivity index (χ3v) is 7.65. The molecule has 166 valence electrons. The summed E-state index contributed by atoms with van der Waals surface area (Å²) in [7, 11) is 0. The first-order chi connectivity index (χ1) is 15.8. The molecule has 0 heterocycles. The fourth-order valence-electron chi connectivity index (χ4n) is 5.83. The van der Waals surface area contributed by atoms with Crippen molar-refractivity contribution < 1.29 is 0 Å². The fourth-order valence-corrected chi connectivity index (χ4v) is 5.83. The molecule has 32 heavy (non-hydrogen) atoms. The lowest BCUT2D eigenvalue weighted by Crippen LogP contribution is -1.89. The molecule has 0 radical (unpaired) electrons. The Hall–Kier alpha value is -2.34. The molecule has 3 aromatic rings. The number of unbranched alkanes of at least 4 members (excludes halogenated alkanes) is 6. The summed E-state index contributed by atoms with van der Waals surface area (Å²) in [6.45, 7) is 4.58. The van der Waals surface area contributed by atoms with E-state index in [0.717, 1.165) is 12.8 Å². The molecular formula is C32H38. The van der Waals surface area contributed by atoms with E-state index in [-0.39, 0.29) is 0 Å². The second-order valence-electron chi connectivity index (χ2n) is 10.1. The highest BCUT2D eigenvalue weighted by Gasteiger charge is 2.25. The first kappa shape index (κ1) is 21.5. The van der Waals surface area contributed by atoms with Crippen LogP contribution in [0.2, 0.25) is 0 Å². The van der Waals surface area contributed by atoms with Crippen molar-refractivity contribution in [3.63, 3.8) is 0 Å². The molecule has 0 aromatic heterocycles. The highest BCUT2D eigenvalue weighted by atomic mass is 14.3. The van der Waals surface area contributed by atoms with Crippen LogP contribution in [0.15, 0.2) is 48.5 Å². The normalized spacial score (nSPS) is 13.1. The molecule has 0 heteroatoms. The van der Waals surface area contributed by atoms with E-state index in [1.807, 2.05) is 0 Å². The topological polar surface area (TPSA) is 0 Å². The van der Waals surface area contributed by atoms with E-state index in [9.17, 15) is 0 Å². The molecule has 0 amide bonds. The van der Waals surface area contributed by atoms with E-state index in [1.54, 1.807) is 11.1 Å². The van der Waals surface area contributed by atoms with Gasteiger partial charge >= 0.3 is 0 Å². The number of aryl methyl sites for hydroxylation is 2. The molecule has 0 fully saturated rings. The average molecular weight is 423 g/mol. The molecular weight excluding hydrogens is 384 g/mol. The quantitative estimate of drug-likeness (QED) is 0.197. The summed E-state index contributed by atoms with van der Waals surface area (Å²) in [6.07, 6.45) is 15.4. The molecule has 0 bridgehead atoms. The Balaban J connectivity index is 1.32. The maximum atomic E-state index is 2.51. The molecule has 3 aromatic carbocycles. The third kappa shape index (κ3) is 4.29. The molecule has 0 unspecified atom stereocenters. The number of hydrogen-bond acceptors (Lipinski definition) is 0. The summed E-state index contributed by atoms with van der Waals surface area (Å²) >= 11 is 0. The number of benzene rings is 3. The van der Waals surface area contributed by atoms with Gasteiger partial charge in [-0.1, -0.05) is 88.8 Å². The Morgan fingerprint density at radius 3 is 1.34 bits per heavy atom. The van der Waals surface area contributed by atoms with Gasteiger partial charge in [0.05, 0.1) is 0 Å². The van der Waals surface area contributed by atoms with Crippen LogP contribution in [0.4, 0.5) is 0 Å². The molecule has 0 N–H and O–H groups in total. The summed E-state index contributed by atoms with van der Waals surface area (Å²) in [4.78, 5) is 0. The van der Waals surface area contributed by atoms with Gasteiger partial charge in [-0.05, 0) is 106 Å². The smallest absolute Gasteiger partial charge is 0.00131 e. The van der Waals surface area contributed by atoms with Crippen molar-refractivity contribution in [2.45, 2.75) is 90.9 Å². The lowest BCUT2D eigenvalue weighted by atomic mass is 9.97. The van der Waals surface area contributed by atoms with Crippen LogP contribution in [-0.4, -0.2) is 0 Å². The monoisotopic (exact) mass is 422 g/mol. The molecule has 2 aliphatic carbocycles. The minimum Gasteiger partial charge on any atom is -0.0654 e. The zero-order valence-corrected chi connectivity index (χ0v) is 20.1. The minimum atomic E-state index is 1.10. The van der Waals surface area contributed by atoms with E-state index in [2.05, 4.69) is 62.4 Å². The van der Waals surface area contributed by atoms with Crippen molar-refractivity contribution in [3.05, 3.63) is 81.9 Å². The van der Waals surface area contributed by atoms with Gasteiger partial charge < -0.3 is 0 Å². The zero-order valence-electron chi connectivity index (χ0n) is 20.1. The highest BCUT2D eigenvalue weighted by molar-refractivity contribution is 5.85. The Morgan fingerprint density at radius 1 is 0.469 bits per heavy atom. The molecule has 0 saturated carbocycles. The molecule has 0 aliphatic heterocycles. The Bertz CT molecular complexity index is 1010. The number of hydrogen-bond donors (Lipinski definition) is 0. The molecule has 0 nitrogen and oxygen atoms in total. The third-order valence-electron chi connectivity index (χ3n) is 7.65. The standard InChI is InChI=1S/C32H38/c1-3-5-7-9-11-23-13-15-29-25(17-23)19-27-21-32-28(22-31(27)29)20-26-18-24(14-16-30(26)32)12-10-8-6-4-2/h13-18,21-22H,3-12,19-20H2,1-2H3. The molecule has 0 saturated heterocycles. The van der Waals surface area contributed by atoms with Crippen LogP contribution in [-0.2, 0) is 25.7 Å². The lowest BCUT2D eigenvalue weighted by Gasteiger charge is -2.07. The predicted octanol–water partition coefficient (Wildman–Crippen LogP) is 9.07. The molecule has 0 atom stereocenters. The van der Waals surface area contributed by atoms with Crippen LogP contribution < -0.4 is 0 Å². The van der Waals surface area contributed by atoms with Gasteiger partial charge in [-0.2, -0.15) is 0 Å². The summed E-state index contributed by atoms with van der Waals surface area (Å²) in [5.41, 5.74) is 15.1. The highest BCUT2D eigenvalue weighted by Crippen LogP contribution is 2.45. The molecule has 2 aliphatic rings. The maximum absolute atomic E-state index is 2.51. The van der Waals surface area contributed by atoms with Gasteiger partial charge in [0, 0.05) is 0 Å². The maximum Gasteiger partial charge on any atom is -0.00131 e. The number of fused-ring (bicyclic) bond motifs is 6. The minimum absolute atomic E-state index is 1.10. The van der Waals surface area contributed by atoms with E-state index < -0.39 is 0 Å². The predicted molar refractivity (Wildman–Crippen MR) is 139 cm³/mol. The Kier molecular flexibility index (Phi) is 6.49. The lowest BCUT2D eigenvalue weighted by molar-refractivity contribution is 0.666. The van der Waals surface area contributed by atoms with E-state index in [0.29, 0.717) is 0 Å². The Labute approximate surface area is 195 Å². The molecule has 5 rings (SSSR count). The van der Waals surface area contributed by atoms with Crippen molar-refractivity contribution in [1.29, 1.82) is 0 Å². The van der Waals surface area contributed by atoms with Gasteiger partial charge in [0.1, 0.15) is 0 Å². The second-order valence-corrected chi connectivity index (χ2v) is 10.1. The second kappa shape index (κ2) is 9.65. The Morgan fingerprint density at radius 2 is 0.906 bits per heavy atom. The van der Waals surface area contributed by atoms with E-state index in [1.165, 1.54) is 109 Å². The SMILES string of the molecule is CCCCCCc1ccc2c(c1)Cc1cc3c(cc1-2)Cc1cc(CCCCCC)ccc1-3. The first-order valence-corrected chi connectivity index (χ1v) is 13.2. The number of rotatable bonds is 10. The first-order valence-electron chi connectivity index (χ1n) is 13.2. The summed E-state index contributed by atoms with van der Waals surface area (Å²) in [6, 6.07) is 19.6. The van der Waals surface area contributed by atoms with E-state index in [4.69, 9.17) is 0 Å². The van der Waals surface area contributed by atoms with Crippen molar-refractivity contribution in [1.82, 2.24) is 0 Å². The summed E-state index contributed by atoms with van der Waals surface area (Å²) in [5, 5.41) is 0. The van der Waals surface area contributed by atoms with Gasteiger partial charge in [0.2, 0.25) is 0 Å². The van der Waals surface area contributed by atoms with Gasteiger partial charge in [0.15, 0.2) is 0 Å². The van der Waals surface area contributed by atoms with Crippen LogP contribution in [0.1, 0.15) is 98.6 Å². The van der Waals surface area contributed by atoms with Crippen molar-refractivity contribution in [2.75, 3.05) is 0 Å². The van der Waals surface area contributed by atoms with Crippen molar-refractivity contribution >= 4 is 0 Å². The van der Waals surface area contributed by atoms with Gasteiger partial charge in [-0.3, -0.25) is 0 Å². The van der Waals surface area contributed by atoms with Crippen LogP contribution in [0.25, 0.3) is 22.3 Å². The largest absolute Gasteiger partial charge is 0.0654 e. The summed E-state index contributed by atoms with van der Waals surface area (Å²) in [5.74, 6) is 0. The average Bonchev–Trinajstić information content (AvgIpc) is 3.34. The van der Waals surface area contributed by atoms with Crippen molar-refractivity contribution in [3.8, 4) is 22.3 Å². The molecule has 0 spiro atoms. The van der Waals surface area contributed by atoms with Crippen LogP contribution >= 0.6 is 0 Å². The summed E-state index contributed by atoms with van der Waals surface area (Å²) < 4.78 is 0. The fraction of sp³-hybridized carbons (Fsp3) is 0.438. The zero-order chi connectivity index (χ0) is 21.9.